The lowest BCUT2D eigenvalue weighted by atomic mass is 10.0. The predicted octanol–water partition coefficient (Wildman–Crippen LogP) is 2.16. The molecule has 2 heterocycles. The van der Waals surface area contributed by atoms with E-state index < -0.39 is 0 Å². The number of thiophene rings is 1. The van der Waals surface area contributed by atoms with E-state index in [0.717, 1.165) is 45.6 Å². The van der Waals surface area contributed by atoms with Crippen LogP contribution >= 0.6 is 11.3 Å². The van der Waals surface area contributed by atoms with Crippen molar-refractivity contribution in [2.75, 3.05) is 32.7 Å². The topological polar surface area (TPSA) is 49.6 Å². The minimum atomic E-state index is 0.283. The van der Waals surface area contributed by atoms with Crippen molar-refractivity contribution >= 4 is 17.2 Å². The van der Waals surface area contributed by atoms with Crippen molar-refractivity contribution in [3.63, 3.8) is 0 Å². The summed E-state index contributed by atoms with van der Waals surface area (Å²) in [6.07, 6.45) is 2.66. The van der Waals surface area contributed by atoms with Gasteiger partial charge < -0.3 is 10.6 Å². The van der Waals surface area contributed by atoms with Gasteiger partial charge in [-0.15, -0.1) is 11.3 Å². The van der Waals surface area contributed by atoms with E-state index >= 15 is 0 Å². The van der Waals surface area contributed by atoms with Crippen molar-refractivity contribution in [2.45, 2.75) is 32.7 Å². The molecule has 1 atom stereocenters. The highest BCUT2D eigenvalue weighted by Gasteiger charge is 2.21. The summed E-state index contributed by atoms with van der Waals surface area (Å²) >= 11 is 1.81. The number of nitrogens with zero attached hydrogens (tertiary/aromatic N) is 2. The Kier molecular flexibility index (Phi) is 6.67. The van der Waals surface area contributed by atoms with Gasteiger partial charge >= 0.3 is 0 Å². The minimum absolute atomic E-state index is 0.283. The molecular weight excluding hydrogens is 282 g/mol. The third-order valence-electron chi connectivity index (χ3n) is 4.27. The van der Waals surface area contributed by atoms with Crippen LogP contribution in [-0.2, 0) is 11.3 Å². The number of hydrogen-bond acceptors (Lipinski definition) is 4. The number of carbonyl (C=O) groups is 1. The van der Waals surface area contributed by atoms with Crippen LogP contribution in [0.25, 0.3) is 0 Å². The van der Waals surface area contributed by atoms with E-state index in [1.54, 1.807) is 0 Å². The van der Waals surface area contributed by atoms with Crippen LogP contribution in [-0.4, -0.2) is 48.4 Å². The lowest BCUT2D eigenvalue weighted by Gasteiger charge is -2.23. The SMILES string of the molecule is CCC(CN)CC(=O)N1CCCN(Cc2cccs2)CC1. The lowest BCUT2D eigenvalue weighted by molar-refractivity contribution is -0.132. The first-order valence-corrected chi connectivity index (χ1v) is 8.83. The quantitative estimate of drug-likeness (QED) is 0.876. The summed E-state index contributed by atoms with van der Waals surface area (Å²) in [5, 5.41) is 2.13. The Morgan fingerprint density at radius 3 is 2.90 bits per heavy atom. The van der Waals surface area contributed by atoms with Crippen LogP contribution in [0.4, 0.5) is 0 Å². The normalized spacial score (nSPS) is 18.5. The summed E-state index contributed by atoms with van der Waals surface area (Å²) in [5.74, 6) is 0.619. The molecule has 4 nitrogen and oxygen atoms in total. The van der Waals surface area contributed by atoms with Crippen molar-refractivity contribution in [1.29, 1.82) is 0 Å². The van der Waals surface area contributed by atoms with Crippen molar-refractivity contribution in [3.05, 3.63) is 22.4 Å². The molecule has 1 amide bonds. The fourth-order valence-corrected chi connectivity index (χ4v) is 3.52. The zero-order chi connectivity index (χ0) is 15.1. The molecule has 0 radical (unpaired) electrons. The zero-order valence-electron chi connectivity index (χ0n) is 13.0. The molecule has 2 N–H and O–H groups in total. The molecule has 0 bridgehead atoms. The van der Waals surface area contributed by atoms with E-state index in [0.29, 0.717) is 18.9 Å². The molecule has 2 rings (SSSR count). The standard InChI is InChI=1S/C16H27N3OS/c1-2-14(12-17)11-16(20)19-7-4-6-18(8-9-19)13-15-5-3-10-21-15/h3,5,10,14H,2,4,6-9,11-13,17H2,1H3. The molecule has 1 aromatic rings. The molecule has 1 fully saturated rings. The average molecular weight is 309 g/mol. The van der Waals surface area contributed by atoms with Gasteiger partial charge in [0.25, 0.3) is 0 Å². The second-order valence-corrected chi connectivity index (χ2v) is 6.84. The molecule has 0 spiro atoms. The Morgan fingerprint density at radius 1 is 1.38 bits per heavy atom. The van der Waals surface area contributed by atoms with Gasteiger partial charge in [0.05, 0.1) is 0 Å². The Morgan fingerprint density at radius 2 is 2.24 bits per heavy atom. The van der Waals surface area contributed by atoms with Gasteiger partial charge in [0.15, 0.2) is 0 Å². The van der Waals surface area contributed by atoms with E-state index in [4.69, 9.17) is 5.73 Å². The van der Waals surface area contributed by atoms with Crippen LogP contribution in [0.1, 0.15) is 31.1 Å². The first kappa shape index (κ1) is 16.5. The lowest BCUT2D eigenvalue weighted by Crippen LogP contribution is -2.36. The highest BCUT2D eigenvalue weighted by molar-refractivity contribution is 7.09. The Bertz CT molecular complexity index is 417. The number of carbonyl (C=O) groups excluding carboxylic acids is 1. The molecule has 0 aromatic carbocycles. The van der Waals surface area contributed by atoms with Gasteiger partial charge in [-0.05, 0) is 30.3 Å². The Hall–Kier alpha value is -0.910. The van der Waals surface area contributed by atoms with Gasteiger partial charge in [0, 0.05) is 44.0 Å². The van der Waals surface area contributed by atoms with Gasteiger partial charge in [-0.3, -0.25) is 9.69 Å². The maximum atomic E-state index is 12.4. The molecule has 21 heavy (non-hydrogen) atoms. The van der Waals surface area contributed by atoms with Crippen LogP contribution in [0.3, 0.4) is 0 Å². The van der Waals surface area contributed by atoms with Crippen LogP contribution < -0.4 is 5.73 Å². The third-order valence-corrected chi connectivity index (χ3v) is 5.14. The molecule has 1 aliphatic heterocycles. The summed E-state index contributed by atoms with van der Waals surface area (Å²) in [6.45, 7) is 7.53. The van der Waals surface area contributed by atoms with E-state index in [1.807, 2.05) is 16.2 Å². The summed E-state index contributed by atoms with van der Waals surface area (Å²) in [4.78, 5) is 18.3. The molecule has 118 valence electrons. The van der Waals surface area contributed by atoms with Gasteiger partial charge in [-0.2, -0.15) is 0 Å². The van der Waals surface area contributed by atoms with E-state index in [1.165, 1.54) is 4.88 Å². The largest absolute Gasteiger partial charge is 0.341 e. The molecule has 1 saturated heterocycles. The highest BCUT2D eigenvalue weighted by Crippen LogP contribution is 2.15. The predicted molar refractivity (Wildman–Crippen MR) is 88.2 cm³/mol. The smallest absolute Gasteiger partial charge is 0.222 e. The van der Waals surface area contributed by atoms with Crippen LogP contribution in [0.2, 0.25) is 0 Å². The summed E-state index contributed by atoms with van der Waals surface area (Å²) < 4.78 is 0. The first-order valence-electron chi connectivity index (χ1n) is 7.95. The van der Waals surface area contributed by atoms with Crippen LogP contribution in [0, 0.1) is 5.92 Å². The van der Waals surface area contributed by atoms with Gasteiger partial charge in [0.1, 0.15) is 0 Å². The Labute approximate surface area is 131 Å². The van der Waals surface area contributed by atoms with Crippen LogP contribution in [0.5, 0.6) is 0 Å². The molecule has 0 saturated carbocycles. The minimum Gasteiger partial charge on any atom is -0.341 e. The second kappa shape index (κ2) is 8.51. The molecule has 5 heteroatoms. The third kappa shape index (κ3) is 5.09. The van der Waals surface area contributed by atoms with Crippen molar-refractivity contribution in [2.24, 2.45) is 11.7 Å². The zero-order valence-corrected chi connectivity index (χ0v) is 13.8. The molecule has 0 aliphatic carbocycles. The second-order valence-electron chi connectivity index (χ2n) is 5.80. The molecule has 1 unspecified atom stereocenters. The summed E-state index contributed by atoms with van der Waals surface area (Å²) in [7, 11) is 0. The van der Waals surface area contributed by atoms with Gasteiger partial charge in [0.2, 0.25) is 5.91 Å². The van der Waals surface area contributed by atoms with Crippen molar-refractivity contribution in [3.8, 4) is 0 Å². The highest BCUT2D eigenvalue weighted by atomic mass is 32.1. The van der Waals surface area contributed by atoms with E-state index in [2.05, 4.69) is 29.3 Å². The maximum absolute atomic E-state index is 12.4. The monoisotopic (exact) mass is 309 g/mol. The van der Waals surface area contributed by atoms with Crippen molar-refractivity contribution in [1.82, 2.24) is 9.80 Å². The first-order chi connectivity index (χ1) is 10.2. The number of hydrogen-bond donors (Lipinski definition) is 1. The maximum Gasteiger partial charge on any atom is 0.222 e. The van der Waals surface area contributed by atoms with Crippen LogP contribution in [0.15, 0.2) is 17.5 Å². The summed E-state index contributed by atoms with van der Waals surface area (Å²) in [5.41, 5.74) is 5.71. The van der Waals surface area contributed by atoms with E-state index in [-0.39, 0.29) is 5.91 Å². The molecular formula is C16H27N3OS. The Balaban J connectivity index is 1.81. The summed E-state index contributed by atoms with van der Waals surface area (Å²) in [6, 6.07) is 4.29. The molecule has 1 aliphatic rings. The number of amides is 1. The average Bonchev–Trinajstić information content (AvgIpc) is 2.89. The fourth-order valence-electron chi connectivity index (χ4n) is 2.77. The van der Waals surface area contributed by atoms with Gasteiger partial charge in [-0.1, -0.05) is 19.4 Å². The van der Waals surface area contributed by atoms with Gasteiger partial charge in [-0.25, -0.2) is 0 Å². The van der Waals surface area contributed by atoms with Crippen molar-refractivity contribution < 1.29 is 4.79 Å². The molecule has 1 aromatic heterocycles. The van der Waals surface area contributed by atoms with E-state index in [9.17, 15) is 4.79 Å². The fraction of sp³-hybridized carbons (Fsp3) is 0.688. The number of nitrogens with two attached hydrogens (primary N) is 1. The number of rotatable bonds is 6.